The summed E-state index contributed by atoms with van der Waals surface area (Å²) in [5.41, 5.74) is 0.524. The molecular weight excluding hydrogens is 249 g/mol. The van der Waals surface area contributed by atoms with Crippen LogP contribution in [0.25, 0.3) is 11.0 Å². The minimum Gasteiger partial charge on any atom is -0.394 e. The number of aliphatic hydroxyl groups excluding tert-OH is 1. The van der Waals surface area contributed by atoms with Crippen molar-refractivity contribution in [3.63, 3.8) is 0 Å². The first-order chi connectivity index (χ1) is 8.49. The number of aromatic amines is 1. The van der Waals surface area contributed by atoms with Crippen LogP contribution in [0.15, 0.2) is 18.6 Å². The fourth-order valence-corrected chi connectivity index (χ4v) is 1.62. The van der Waals surface area contributed by atoms with Crippen molar-refractivity contribution in [3.05, 3.63) is 18.6 Å². The molecular formula is C10H11F3N4O. The smallest absolute Gasteiger partial charge is 0.391 e. The molecule has 0 bridgehead atoms. The van der Waals surface area contributed by atoms with E-state index in [-0.39, 0.29) is 5.82 Å². The fourth-order valence-electron chi connectivity index (χ4n) is 1.62. The molecule has 0 aliphatic carbocycles. The molecule has 2 rings (SSSR count). The summed E-state index contributed by atoms with van der Waals surface area (Å²) in [4.78, 5) is 10.6. The summed E-state index contributed by atoms with van der Waals surface area (Å²) in [6.45, 7) is -0.630. The second kappa shape index (κ2) is 4.81. The van der Waals surface area contributed by atoms with E-state index in [1.807, 2.05) is 0 Å². The van der Waals surface area contributed by atoms with Gasteiger partial charge in [-0.05, 0) is 6.07 Å². The van der Waals surface area contributed by atoms with Gasteiger partial charge >= 0.3 is 6.18 Å². The van der Waals surface area contributed by atoms with Gasteiger partial charge < -0.3 is 15.4 Å². The van der Waals surface area contributed by atoms with E-state index in [9.17, 15) is 13.2 Å². The molecule has 0 aliphatic rings. The number of hydrogen-bond acceptors (Lipinski definition) is 4. The average Bonchev–Trinajstić information content (AvgIpc) is 2.75. The minimum absolute atomic E-state index is 0.268. The molecule has 3 N–H and O–H groups in total. The molecule has 0 amide bonds. The predicted molar refractivity (Wildman–Crippen MR) is 59.1 cm³/mol. The molecule has 98 valence electrons. The summed E-state index contributed by atoms with van der Waals surface area (Å²) in [7, 11) is 0. The quantitative estimate of drug-likeness (QED) is 0.782. The number of rotatable bonds is 4. The average molecular weight is 260 g/mol. The van der Waals surface area contributed by atoms with E-state index in [2.05, 4.69) is 20.3 Å². The Hall–Kier alpha value is -1.83. The lowest BCUT2D eigenvalue weighted by molar-refractivity contribution is -0.138. The number of aromatic nitrogens is 3. The number of alkyl halides is 3. The standard InChI is InChI=1S/C10H11F3N4O/c11-10(12,13)3-6(4-18)17-9-7-1-2-14-8(7)15-5-16-9/h1-2,5-6,18H,3-4H2,(H2,14,15,16,17)/t6-/m0/s1. The molecule has 0 fully saturated rings. The Morgan fingerprint density at radius 2 is 2.17 bits per heavy atom. The Balaban J connectivity index is 2.19. The van der Waals surface area contributed by atoms with Crippen LogP contribution in [0.5, 0.6) is 0 Å². The monoisotopic (exact) mass is 260 g/mol. The van der Waals surface area contributed by atoms with Crippen LogP contribution in [0.2, 0.25) is 0 Å². The van der Waals surface area contributed by atoms with E-state index >= 15 is 0 Å². The van der Waals surface area contributed by atoms with Gasteiger partial charge in [0.2, 0.25) is 0 Å². The van der Waals surface area contributed by atoms with Crippen LogP contribution in [0.4, 0.5) is 19.0 Å². The zero-order valence-corrected chi connectivity index (χ0v) is 9.20. The molecule has 8 heteroatoms. The molecule has 0 aliphatic heterocycles. The van der Waals surface area contributed by atoms with Crippen molar-refractivity contribution in [2.45, 2.75) is 18.6 Å². The summed E-state index contributed by atoms with van der Waals surface area (Å²) < 4.78 is 36.8. The molecule has 2 heterocycles. The van der Waals surface area contributed by atoms with E-state index in [0.717, 1.165) is 0 Å². The van der Waals surface area contributed by atoms with E-state index in [4.69, 9.17) is 5.11 Å². The fraction of sp³-hybridized carbons (Fsp3) is 0.400. The highest BCUT2D eigenvalue weighted by Crippen LogP contribution is 2.24. The maximum absolute atomic E-state index is 12.3. The van der Waals surface area contributed by atoms with Gasteiger partial charge in [-0.2, -0.15) is 13.2 Å². The lowest BCUT2D eigenvalue weighted by Gasteiger charge is -2.18. The van der Waals surface area contributed by atoms with Crippen LogP contribution in [0.1, 0.15) is 6.42 Å². The summed E-state index contributed by atoms with van der Waals surface area (Å²) in [6, 6.07) is 0.526. The van der Waals surface area contributed by atoms with Crippen LogP contribution in [-0.2, 0) is 0 Å². The number of anilines is 1. The molecule has 0 saturated carbocycles. The van der Waals surface area contributed by atoms with Gasteiger partial charge in [0.05, 0.1) is 24.5 Å². The number of halogens is 3. The van der Waals surface area contributed by atoms with Gasteiger partial charge in [0, 0.05) is 6.20 Å². The highest BCUT2D eigenvalue weighted by Gasteiger charge is 2.32. The van der Waals surface area contributed by atoms with Gasteiger partial charge in [0.15, 0.2) is 0 Å². The van der Waals surface area contributed by atoms with Crippen molar-refractivity contribution < 1.29 is 18.3 Å². The number of fused-ring (bicyclic) bond motifs is 1. The number of nitrogens with one attached hydrogen (secondary N) is 2. The van der Waals surface area contributed by atoms with Crippen molar-refractivity contribution in [3.8, 4) is 0 Å². The number of H-pyrrole nitrogens is 1. The second-order valence-corrected chi connectivity index (χ2v) is 3.81. The largest absolute Gasteiger partial charge is 0.394 e. The Bertz CT molecular complexity index is 525. The van der Waals surface area contributed by atoms with Gasteiger partial charge in [-0.3, -0.25) is 0 Å². The number of hydrogen-bond donors (Lipinski definition) is 3. The summed E-state index contributed by atoms with van der Waals surface area (Å²) in [5.74, 6) is 0.268. The van der Waals surface area contributed by atoms with Crippen LogP contribution < -0.4 is 5.32 Å². The number of aliphatic hydroxyl groups is 1. The van der Waals surface area contributed by atoms with E-state index < -0.39 is 25.2 Å². The van der Waals surface area contributed by atoms with Gasteiger partial charge in [0.25, 0.3) is 0 Å². The maximum Gasteiger partial charge on any atom is 0.391 e. The first kappa shape index (κ1) is 12.6. The lowest BCUT2D eigenvalue weighted by Crippen LogP contribution is -2.30. The third kappa shape index (κ3) is 2.89. The molecule has 1 atom stereocenters. The third-order valence-corrected chi connectivity index (χ3v) is 2.39. The SMILES string of the molecule is OC[C@H](CC(F)(F)F)Nc1ncnc2[nH]ccc12. The first-order valence-electron chi connectivity index (χ1n) is 5.22. The third-order valence-electron chi connectivity index (χ3n) is 2.39. The van der Waals surface area contributed by atoms with Crippen LogP contribution >= 0.6 is 0 Å². The molecule has 0 saturated heterocycles. The Morgan fingerprint density at radius 3 is 2.83 bits per heavy atom. The zero-order chi connectivity index (χ0) is 13.2. The van der Waals surface area contributed by atoms with Crippen molar-refractivity contribution in [2.24, 2.45) is 0 Å². The Kier molecular flexibility index (Phi) is 3.37. The maximum atomic E-state index is 12.3. The van der Waals surface area contributed by atoms with Crippen LogP contribution in [-0.4, -0.2) is 38.9 Å². The molecule has 0 aromatic carbocycles. The summed E-state index contributed by atoms with van der Waals surface area (Å²) >= 11 is 0. The first-order valence-corrected chi connectivity index (χ1v) is 5.22. The zero-order valence-electron chi connectivity index (χ0n) is 9.20. The van der Waals surface area contributed by atoms with Gasteiger partial charge in [-0.1, -0.05) is 0 Å². The molecule has 0 unspecified atom stereocenters. The Morgan fingerprint density at radius 1 is 1.39 bits per heavy atom. The van der Waals surface area contributed by atoms with Crippen LogP contribution in [0.3, 0.4) is 0 Å². The van der Waals surface area contributed by atoms with Crippen molar-refractivity contribution in [1.29, 1.82) is 0 Å². The van der Waals surface area contributed by atoms with Gasteiger partial charge in [0.1, 0.15) is 17.8 Å². The summed E-state index contributed by atoms with van der Waals surface area (Å²) in [6.07, 6.45) is -2.62. The normalized spacial score (nSPS) is 13.8. The Labute approximate surface area is 100 Å². The second-order valence-electron chi connectivity index (χ2n) is 3.81. The molecule has 2 aromatic rings. The molecule has 2 aromatic heterocycles. The topological polar surface area (TPSA) is 73.8 Å². The molecule has 0 radical (unpaired) electrons. The van der Waals surface area contributed by atoms with Crippen LogP contribution in [0, 0.1) is 0 Å². The van der Waals surface area contributed by atoms with E-state index in [0.29, 0.717) is 11.0 Å². The molecule has 5 nitrogen and oxygen atoms in total. The van der Waals surface area contributed by atoms with Crippen molar-refractivity contribution in [2.75, 3.05) is 11.9 Å². The predicted octanol–water partition coefficient (Wildman–Crippen LogP) is 1.68. The molecule has 18 heavy (non-hydrogen) atoms. The van der Waals surface area contributed by atoms with Gasteiger partial charge in [-0.25, -0.2) is 9.97 Å². The van der Waals surface area contributed by atoms with Crippen molar-refractivity contribution in [1.82, 2.24) is 15.0 Å². The summed E-state index contributed by atoms with van der Waals surface area (Å²) in [5, 5.41) is 12.1. The lowest BCUT2D eigenvalue weighted by atomic mass is 10.2. The highest BCUT2D eigenvalue weighted by atomic mass is 19.4. The van der Waals surface area contributed by atoms with E-state index in [1.165, 1.54) is 6.33 Å². The van der Waals surface area contributed by atoms with Crippen molar-refractivity contribution >= 4 is 16.9 Å². The molecule has 0 spiro atoms. The number of nitrogens with zero attached hydrogens (tertiary/aromatic N) is 2. The van der Waals surface area contributed by atoms with Gasteiger partial charge in [-0.15, -0.1) is 0 Å². The highest BCUT2D eigenvalue weighted by molar-refractivity contribution is 5.86. The van der Waals surface area contributed by atoms with E-state index in [1.54, 1.807) is 12.3 Å². The minimum atomic E-state index is -4.34.